The average Bonchev–Trinajstić information content (AvgIpc) is 2.55. The molecule has 1 N–H and O–H groups in total. The third-order valence-electron chi connectivity index (χ3n) is 3.33. The number of benzene rings is 1. The highest BCUT2D eigenvalue weighted by Gasteiger charge is 2.20. The SMILES string of the molecule is C=CCNC(=O)CN(CCc1ccc(OC)c(OC)c1)S(C)(=O)=O. The first-order valence-electron chi connectivity index (χ1n) is 7.35. The normalized spacial score (nSPS) is 11.2. The molecule has 0 aliphatic carbocycles. The average molecular weight is 356 g/mol. The molecule has 0 spiro atoms. The number of ether oxygens (including phenoxy) is 2. The molecule has 0 unspecified atom stereocenters. The molecule has 0 atom stereocenters. The molecule has 0 aliphatic rings. The minimum Gasteiger partial charge on any atom is -0.493 e. The largest absolute Gasteiger partial charge is 0.493 e. The Bertz CT molecular complexity index is 673. The van der Waals surface area contributed by atoms with Crippen molar-refractivity contribution in [1.29, 1.82) is 0 Å². The van der Waals surface area contributed by atoms with Gasteiger partial charge in [-0.2, -0.15) is 4.31 Å². The van der Waals surface area contributed by atoms with Crippen molar-refractivity contribution in [2.24, 2.45) is 0 Å². The van der Waals surface area contributed by atoms with Gasteiger partial charge in [-0.1, -0.05) is 12.1 Å². The zero-order valence-corrected chi connectivity index (χ0v) is 15.1. The van der Waals surface area contributed by atoms with Crippen molar-refractivity contribution in [2.45, 2.75) is 6.42 Å². The van der Waals surface area contributed by atoms with Gasteiger partial charge in [0.25, 0.3) is 0 Å². The number of amides is 1. The Kier molecular flexibility index (Phi) is 7.73. The smallest absolute Gasteiger partial charge is 0.235 e. The van der Waals surface area contributed by atoms with Gasteiger partial charge in [0, 0.05) is 13.1 Å². The van der Waals surface area contributed by atoms with Crippen LogP contribution in [0.2, 0.25) is 0 Å². The Morgan fingerprint density at radius 2 is 1.96 bits per heavy atom. The number of hydrogen-bond acceptors (Lipinski definition) is 5. The number of rotatable bonds is 10. The van der Waals surface area contributed by atoms with E-state index < -0.39 is 10.0 Å². The Morgan fingerprint density at radius 1 is 1.29 bits per heavy atom. The van der Waals surface area contributed by atoms with E-state index in [0.717, 1.165) is 16.1 Å². The second kappa shape index (κ2) is 9.29. The summed E-state index contributed by atoms with van der Waals surface area (Å²) in [7, 11) is -0.410. The fourth-order valence-corrected chi connectivity index (χ4v) is 2.83. The van der Waals surface area contributed by atoms with Gasteiger partial charge in [0.05, 0.1) is 27.0 Å². The maximum absolute atomic E-state index is 11.9. The highest BCUT2D eigenvalue weighted by molar-refractivity contribution is 7.88. The first-order valence-corrected chi connectivity index (χ1v) is 9.20. The van der Waals surface area contributed by atoms with Crippen LogP contribution < -0.4 is 14.8 Å². The van der Waals surface area contributed by atoms with Gasteiger partial charge in [0.2, 0.25) is 15.9 Å². The zero-order valence-electron chi connectivity index (χ0n) is 14.2. The Labute approximate surface area is 143 Å². The molecule has 134 valence electrons. The monoisotopic (exact) mass is 356 g/mol. The van der Waals surface area contributed by atoms with Gasteiger partial charge in [0.15, 0.2) is 11.5 Å². The zero-order chi connectivity index (χ0) is 18.2. The maximum atomic E-state index is 11.9. The van der Waals surface area contributed by atoms with Crippen molar-refractivity contribution >= 4 is 15.9 Å². The number of methoxy groups -OCH3 is 2. The summed E-state index contributed by atoms with van der Waals surface area (Å²) in [6.45, 7) is 3.76. The molecule has 24 heavy (non-hydrogen) atoms. The molecular formula is C16H24N2O5S. The highest BCUT2D eigenvalue weighted by Crippen LogP contribution is 2.27. The van der Waals surface area contributed by atoms with Gasteiger partial charge >= 0.3 is 0 Å². The highest BCUT2D eigenvalue weighted by atomic mass is 32.2. The van der Waals surface area contributed by atoms with E-state index in [-0.39, 0.29) is 19.0 Å². The van der Waals surface area contributed by atoms with Gasteiger partial charge in [0.1, 0.15) is 0 Å². The Balaban J connectivity index is 2.78. The van der Waals surface area contributed by atoms with E-state index in [1.165, 1.54) is 13.2 Å². The first kappa shape index (κ1) is 20.0. The number of sulfonamides is 1. The van der Waals surface area contributed by atoms with Crippen LogP contribution in [0.15, 0.2) is 30.9 Å². The van der Waals surface area contributed by atoms with Crippen LogP contribution in [0.1, 0.15) is 5.56 Å². The van der Waals surface area contributed by atoms with Gasteiger partial charge in [-0.3, -0.25) is 4.79 Å². The van der Waals surface area contributed by atoms with E-state index in [2.05, 4.69) is 11.9 Å². The summed E-state index contributed by atoms with van der Waals surface area (Å²) in [5, 5.41) is 2.57. The summed E-state index contributed by atoms with van der Waals surface area (Å²) in [6, 6.07) is 5.38. The van der Waals surface area contributed by atoms with Crippen molar-refractivity contribution in [3.8, 4) is 11.5 Å². The molecule has 0 aromatic heterocycles. The fraction of sp³-hybridized carbons (Fsp3) is 0.438. The lowest BCUT2D eigenvalue weighted by Crippen LogP contribution is -2.41. The number of nitrogens with zero attached hydrogens (tertiary/aromatic N) is 1. The molecule has 7 nitrogen and oxygen atoms in total. The van der Waals surface area contributed by atoms with Gasteiger partial charge < -0.3 is 14.8 Å². The molecule has 0 radical (unpaired) electrons. The van der Waals surface area contributed by atoms with Crippen molar-refractivity contribution in [3.05, 3.63) is 36.4 Å². The lowest BCUT2D eigenvalue weighted by molar-refractivity contribution is -0.121. The van der Waals surface area contributed by atoms with Crippen LogP contribution in [0.4, 0.5) is 0 Å². The van der Waals surface area contributed by atoms with Gasteiger partial charge in [-0.15, -0.1) is 6.58 Å². The van der Waals surface area contributed by atoms with E-state index in [1.54, 1.807) is 19.2 Å². The van der Waals surface area contributed by atoms with Crippen LogP contribution >= 0.6 is 0 Å². The second-order valence-corrected chi connectivity index (χ2v) is 7.11. The molecule has 1 amide bonds. The standard InChI is InChI=1S/C16H24N2O5S/c1-5-9-17-16(19)12-18(24(4,20)21)10-8-13-6-7-14(22-2)15(11-13)23-3/h5-7,11H,1,8-10,12H2,2-4H3,(H,17,19). The Hall–Kier alpha value is -2.06. The lowest BCUT2D eigenvalue weighted by Gasteiger charge is -2.19. The molecular weight excluding hydrogens is 332 g/mol. The minimum atomic E-state index is -3.49. The van der Waals surface area contributed by atoms with E-state index >= 15 is 0 Å². The molecule has 1 rings (SSSR count). The Morgan fingerprint density at radius 3 is 2.50 bits per heavy atom. The molecule has 1 aromatic carbocycles. The fourth-order valence-electron chi connectivity index (χ4n) is 2.05. The van der Waals surface area contributed by atoms with E-state index in [0.29, 0.717) is 24.5 Å². The summed E-state index contributed by atoms with van der Waals surface area (Å²) >= 11 is 0. The lowest BCUT2D eigenvalue weighted by atomic mass is 10.1. The van der Waals surface area contributed by atoms with Crippen LogP contribution in [-0.4, -0.2) is 58.7 Å². The maximum Gasteiger partial charge on any atom is 0.235 e. The molecule has 0 aliphatic heterocycles. The summed E-state index contributed by atoms with van der Waals surface area (Å²) in [4.78, 5) is 11.8. The number of nitrogens with one attached hydrogen (secondary N) is 1. The summed E-state index contributed by atoms with van der Waals surface area (Å²) in [5.41, 5.74) is 0.882. The number of hydrogen-bond donors (Lipinski definition) is 1. The summed E-state index contributed by atoms with van der Waals surface area (Å²) in [6.07, 6.45) is 3.07. The van der Waals surface area contributed by atoms with Gasteiger partial charge in [-0.25, -0.2) is 8.42 Å². The van der Waals surface area contributed by atoms with Gasteiger partial charge in [-0.05, 0) is 24.1 Å². The van der Waals surface area contributed by atoms with E-state index in [1.807, 2.05) is 6.07 Å². The van der Waals surface area contributed by atoms with Crippen LogP contribution in [0.5, 0.6) is 11.5 Å². The molecule has 8 heteroatoms. The molecule has 0 saturated carbocycles. The van der Waals surface area contributed by atoms with Crippen molar-refractivity contribution in [3.63, 3.8) is 0 Å². The summed E-state index contributed by atoms with van der Waals surface area (Å²) < 4.78 is 35.3. The second-order valence-electron chi connectivity index (χ2n) is 5.13. The third kappa shape index (κ3) is 6.21. The molecule has 0 saturated heterocycles. The molecule has 1 aromatic rings. The molecule has 0 bridgehead atoms. The molecule has 0 fully saturated rings. The topological polar surface area (TPSA) is 84.9 Å². The van der Waals surface area contributed by atoms with E-state index in [4.69, 9.17) is 9.47 Å². The predicted octanol–water partition coefficient (Wildman–Crippen LogP) is 0.810. The first-order chi connectivity index (χ1) is 11.3. The minimum absolute atomic E-state index is 0.190. The van der Waals surface area contributed by atoms with E-state index in [9.17, 15) is 13.2 Å². The quantitative estimate of drug-likeness (QED) is 0.627. The van der Waals surface area contributed by atoms with Crippen LogP contribution in [0.3, 0.4) is 0 Å². The number of carbonyl (C=O) groups is 1. The van der Waals surface area contributed by atoms with Crippen LogP contribution in [0, 0.1) is 0 Å². The van der Waals surface area contributed by atoms with Crippen molar-refractivity contribution in [2.75, 3.05) is 40.1 Å². The van der Waals surface area contributed by atoms with Crippen LogP contribution in [0.25, 0.3) is 0 Å². The molecule has 0 heterocycles. The third-order valence-corrected chi connectivity index (χ3v) is 4.58. The van der Waals surface area contributed by atoms with Crippen molar-refractivity contribution in [1.82, 2.24) is 9.62 Å². The van der Waals surface area contributed by atoms with Crippen LogP contribution in [-0.2, 0) is 21.2 Å². The number of carbonyl (C=O) groups excluding carboxylic acids is 1. The van der Waals surface area contributed by atoms with Crippen molar-refractivity contribution < 1.29 is 22.7 Å². The predicted molar refractivity (Wildman–Crippen MR) is 92.9 cm³/mol. The summed E-state index contributed by atoms with van der Waals surface area (Å²) in [5.74, 6) is 0.808.